The highest BCUT2D eigenvalue weighted by Crippen LogP contribution is 2.28. The van der Waals surface area contributed by atoms with Crippen LogP contribution in [0.2, 0.25) is 0 Å². The van der Waals surface area contributed by atoms with E-state index in [1.165, 1.54) is 11.6 Å². The van der Waals surface area contributed by atoms with Crippen molar-refractivity contribution in [3.8, 4) is 11.1 Å². The third-order valence-electron chi connectivity index (χ3n) is 5.75. The number of ether oxygens (including phenoxy) is 1. The molecule has 0 unspecified atom stereocenters. The molecule has 0 saturated carbocycles. The second kappa shape index (κ2) is 9.16. The number of likely N-dealkylation sites (tertiary alicyclic amines) is 1. The summed E-state index contributed by atoms with van der Waals surface area (Å²) in [4.78, 5) is 47.7. The number of carbonyl (C=O) groups excluding carboxylic acids is 3. The van der Waals surface area contributed by atoms with Gasteiger partial charge >= 0.3 is 6.09 Å². The van der Waals surface area contributed by atoms with Crippen LogP contribution in [-0.2, 0) is 16.1 Å². The highest BCUT2D eigenvalue weighted by Gasteiger charge is 2.41. The van der Waals surface area contributed by atoms with Crippen molar-refractivity contribution in [1.82, 2.24) is 24.6 Å². The number of carbonyl (C=O) groups is 3. The zero-order chi connectivity index (χ0) is 25.5. The molecule has 3 aromatic rings. The molecule has 1 saturated heterocycles. The van der Waals surface area contributed by atoms with Crippen molar-refractivity contribution < 1.29 is 23.5 Å². The monoisotopic (exact) mass is 481 g/mol. The summed E-state index contributed by atoms with van der Waals surface area (Å²) in [6.07, 6.45) is 1.25. The number of fused-ring (bicyclic) bond motifs is 1. The van der Waals surface area contributed by atoms with Crippen molar-refractivity contribution in [2.24, 2.45) is 0 Å². The summed E-state index contributed by atoms with van der Waals surface area (Å²) >= 11 is 0. The fourth-order valence-corrected chi connectivity index (χ4v) is 4.15. The summed E-state index contributed by atoms with van der Waals surface area (Å²) in [6.45, 7) is 7.91. The van der Waals surface area contributed by atoms with Crippen molar-refractivity contribution in [3.63, 3.8) is 0 Å². The standard InChI is InChI=1S/C25H28FN5O4/c1-14(32)23-19-8-16(17-10-27-15(2)28-11-17)6-7-20(19)31(29-23)13-22(33)21-9-18(26)12-30(21)24(34)35-25(3,4)5/h6-8,10-11,18,21H,9,12-13H2,1-5H3/t18-,21-/m0/s1. The van der Waals surface area contributed by atoms with Gasteiger partial charge in [0.05, 0.1) is 18.1 Å². The molecule has 35 heavy (non-hydrogen) atoms. The zero-order valence-corrected chi connectivity index (χ0v) is 20.4. The van der Waals surface area contributed by atoms with Gasteiger partial charge in [0.2, 0.25) is 0 Å². The molecule has 0 aliphatic carbocycles. The second-order valence-electron chi connectivity index (χ2n) is 9.76. The Balaban J connectivity index is 1.64. The molecule has 2 aromatic heterocycles. The molecule has 3 heterocycles. The summed E-state index contributed by atoms with van der Waals surface area (Å²) < 4.78 is 21.0. The molecule has 0 bridgehead atoms. The molecular formula is C25H28FN5O4. The van der Waals surface area contributed by atoms with E-state index in [-0.39, 0.29) is 36.8 Å². The summed E-state index contributed by atoms with van der Waals surface area (Å²) in [6, 6.07) is 4.45. The van der Waals surface area contributed by atoms with E-state index in [1.807, 2.05) is 12.1 Å². The summed E-state index contributed by atoms with van der Waals surface area (Å²) in [7, 11) is 0. The fraction of sp³-hybridized carbons (Fsp3) is 0.440. The van der Waals surface area contributed by atoms with Crippen LogP contribution in [0.3, 0.4) is 0 Å². The van der Waals surface area contributed by atoms with Crippen molar-refractivity contribution >= 4 is 28.6 Å². The van der Waals surface area contributed by atoms with Crippen LogP contribution in [0, 0.1) is 6.92 Å². The first-order valence-corrected chi connectivity index (χ1v) is 11.4. The number of alkyl halides is 1. The van der Waals surface area contributed by atoms with Gasteiger partial charge in [-0.2, -0.15) is 5.10 Å². The molecule has 4 rings (SSSR count). The highest BCUT2D eigenvalue weighted by molar-refractivity contribution is 6.06. The molecule has 1 aromatic carbocycles. The number of aromatic nitrogens is 4. The van der Waals surface area contributed by atoms with E-state index in [0.29, 0.717) is 16.7 Å². The Labute approximate surface area is 202 Å². The molecular weight excluding hydrogens is 453 g/mol. The van der Waals surface area contributed by atoms with Crippen LogP contribution in [-0.4, -0.2) is 66.7 Å². The van der Waals surface area contributed by atoms with Crippen molar-refractivity contribution in [1.29, 1.82) is 0 Å². The predicted molar refractivity (Wildman–Crippen MR) is 127 cm³/mol. The van der Waals surface area contributed by atoms with E-state index < -0.39 is 23.9 Å². The Morgan fingerprint density at radius 3 is 2.46 bits per heavy atom. The minimum absolute atomic E-state index is 0.103. The Morgan fingerprint density at radius 1 is 1.14 bits per heavy atom. The Hall–Kier alpha value is -3.69. The van der Waals surface area contributed by atoms with E-state index in [0.717, 1.165) is 16.0 Å². The van der Waals surface area contributed by atoms with E-state index >= 15 is 0 Å². The van der Waals surface area contributed by atoms with Gasteiger partial charge in [-0.15, -0.1) is 0 Å². The number of aryl methyl sites for hydroxylation is 1. The van der Waals surface area contributed by atoms with Gasteiger partial charge in [0.15, 0.2) is 11.6 Å². The number of ketones is 2. The lowest BCUT2D eigenvalue weighted by Gasteiger charge is -2.27. The van der Waals surface area contributed by atoms with Crippen LogP contribution in [0.15, 0.2) is 30.6 Å². The molecule has 1 amide bonds. The maximum Gasteiger partial charge on any atom is 0.411 e. The van der Waals surface area contributed by atoms with Gasteiger partial charge < -0.3 is 4.74 Å². The van der Waals surface area contributed by atoms with Crippen molar-refractivity contribution in [3.05, 3.63) is 42.1 Å². The van der Waals surface area contributed by atoms with Crippen molar-refractivity contribution in [2.75, 3.05) is 6.54 Å². The normalized spacial score (nSPS) is 18.2. The van der Waals surface area contributed by atoms with Gasteiger partial charge in [0.1, 0.15) is 29.8 Å². The minimum atomic E-state index is -1.32. The number of hydrogen-bond donors (Lipinski definition) is 0. The number of rotatable bonds is 5. The molecule has 0 radical (unpaired) electrons. The third-order valence-corrected chi connectivity index (χ3v) is 5.75. The lowest BCUT2D eigenvalue weighted by atomic mass is 10.0. The number of hydrogen-bond acceptors (Lipinski definition) is 7. The molecule has 1 aliphatic heterocycles. The first-order chi connectivity index (χ1) is 16.4. The largest absolute Gasteiger partial charge is 0.444 e. The average molecular weight is 482 g/mol. The molecule has 10 heteroatoms. The first kappa shape index (κ1) is 24.4. The Morgan fingerprint density at radius 2 is 1.83 bits per heavy atom. The third kappa shape index (κ3) is 5.21. The van der Waals surface area contributed by atoms with E-state index in [9.17, 15) is 18.8 Å². The molecule has 2 atom stereocenters. The topological polar surface area (TPSA) is 107 Å². The van der Waals surface area contributed by atoms with Gasteiger partial charge in [-0.1, -0.05) is 6.07 Å². The Kier molecular flexibility index (Phi) is 6.40. The number of nitrogens with zero attached hydrogens (tertiary/aromatic N) is 5. The summed E-state index contributed by atoms with van der Waals surface area (Å²) in [5, 5.41) is 4.97. The van der Waals surface area contributed by atoms with Crippen LogP contribution >= 0.6 is 0 Å². The second-order valence-corrected chi connectivity index (χ2v) is 9.76. The lowest BCUT2D eigenvalue weighted by molar-refractivity contribution is -0.124. The smallest absolute Gasteiger partial charge is 0.411 e. The van der Waals surface area contributed by atoms with Gasteiger partial charge in [0.25, 0.3) is 0 Å². The fourth-order valence-electron chi connectivity index (χ4n) is 4.15. The minimum Gasteiger partial charge on any atom is -0.444 e. The molecule has 0 N–H and O–H groups in total. The van der Waals surface area contributed by atoms with Crippen LogP contribution in [0.1, 0.15) is 50.4 Å². The maximum atomic E-state index is 14.2. The lowest BCUT2D eigenvalue weighted by Crippen LogP contribution is -2.44. The highest BCUT2D eigenvalue weighted by atomic mass is 19.1. The van der Waals surface area contributed by atoms with E-state index in [4.69, 9.17) is 4.74 Å². The summed E-state index contributed by atoms with van der Waals surface area (Å²) in [5.74, 6) is 0.0125. The van der Waals surface area contributed by atoms with Crippen LogP contribution < -0.4 is 0 Å². The molecule has 184 valence electrons. The van der Waals surface area contributed by atoms with Gasteiger partial charge in [-0.3, -0.25) is 19.2 Å². The summed E-state index contributed by atoms with van der Waals surface area (Å²) in [5.41, 5.74) is 1.62. The van der Waals surface area contributed by atoms with Crippen LogP contribution in [0.4, 0.5) is 9.18 Å². The molecule has 1 fully saturated rings. The van der Waals surface area contributed by atoms with E-state index in [1.54, 1.807) is 46.2 Å². The first-order valence-electron chi connectivity index (χ1n) is 11.4. The number of amides is 1. The van der Waals surface area contributed by atoms with Crippen molar-refractivity contribution in [2.45, 2.75) is 65.4 Å². The number of benzene rings is 1. The van der Waals surface area contributed by atoms with Crippen LogP contribution in [0.5, 0.6) is 0 Å². The average Bonchev–Trinajstić information content (AvgIpc) is 3.34. The maximum absolute atomic E-state index is 14.2. The number of halogens is 1. The number of Topliss-reactive ketones (excluding diaryl/α,β-unsaturated/α-hetero) is 2. The molecule has 0 spiro atoms. The SMILES string of the molecule is CC(=O)c1nn(CC(=O)[C@@H]2C[C@H](F)CN2C(=O)OC(C)(C)C)c2ccc(-c3cnc(C)nc3)cc12. The molecule has 9 nitrogen and oxygen atoms in total. The van der Waals surface area contributed by atoms with Gasteiger partial charge in [-0.05, 0) is 45.4 Å². The quantitative estimate of drug-likeness (QED) is 0.508. The predicted octanol–water partition coefficient (Wildman–Crippen LogP) is 3.92. The van der Waals surface area contributed by atoms with Gasteiger partial charge in [0, 0.05) is 36.7 Å². The Bertz CT molecular complexity index is 1300. The van der Waals surface area contributed by atoms with Crippen LogP contribution in [0.25, 0.3) is 22.0 Å². The molecule has 1 aliphatic rings. The van der Waals surface area contributed by atoms with E-state index in [2.05, 4.69) is 15.1 Å². The van der Waals surface area contributed by atoms with Gasteiger partial charge in [-0.25, -0.2) is 19.2 Å². The zero-order valence-electron chi connectivity index (χ0n) is 20.4.